The van der Waals surface area contributed by atoms with Crippen LogP contribution in [0.15, 0.2) is 120 Å². The molecule has 0 bridgehead atoms. The third-order valence-electron chi connectivity index (χ3n) is 9.58. The topological polar surface area (TPSA) is 154 Å². The molecule has 0 amide bonds. The molecule has 0 spiro atoms. The normalized spacial score (nSPS) is 12.0. The lowest BCUT2D eigenvalue weighted by Crippen LogP contribution is -2.34. The number of rotatable bonds is 42. The van der Waals surface area contributed by atoms with Gasteiger partial charge in [-0.2, -0.15) is 8.42 Å². The van der Waals surface area contributed by atoms with Crippen molar-refractivity contribution in [2.75, 3.05) is 159 Å². The van der Waals surface area contributed by atoms with E-state index in [-0.39, 0.29) is 18.1 Å². The first-order valence-corrected chi connectivity index (χ1v) is 24.0. The summed E-state index contributed by atoms with van der Waals surface area (Å²) in [7, 11) is -3.78. The van der Waals surface area contributed by atoms with Crippen molar-refractivity contribution in [3.63, 3.8) is 0 Å². The van der Waals surface area contributed by atoms with Gasteiger partial charge < -0.3 is 56.8 Å². The average molecular weight is 943 g/mol. The van der Waals surface area contributed by atoms with E-state index in [0.29, 0.717) is 145 Å². The van der Waals surface area contributed by atoms with Crippen molar-refractivity contribution in [3.05, 3.63) is 138 Å². The molecule has 0 aliphatic rings. The highest BCUT2D eigenvalue weighted by molar-refractivity contribution is 7.86. The zero-order valence-electron chi connectivity index (χ0n) is 38.5. The van der Waals surface area contributed by atoms with Crippen LogP contribution in [0.5, 0.6) is 0 Å². The summed E-state index contributed by atoms with van der Waals surface area (Å²) in [6.07, 6.45) is 0. The quantitative estimate of drug-likeness (QED) is 0.0295. The van der Waals surface area contributed by atoms with Gasteiger partial charge >= 0.3 is 0 Å². The Labute approximate surface area is 391 Å². The molecule has 0 unspecified atom stereocenters. The van der Waals surface area contributed by atoms with Gasteiger partial charge in [0, 0.05) is 0 Å². The largest absolute Gasteiger partial charge is 0.377 e. The van der Waals surface area contributed by atoms with Crippen molar-refractivity contribution in [1.29, 1.82) is 0 Å². The zero-order valence-corrected chi connectivity index (χ0v) is 39.3. The lowest BCUT2D eigenvalue weighted by molar-refractivity contribution is -0.0399. The summed E-state index contributed by atoms with van der Waals surface area (Å²) in [6, 6.07) is 37.4. The van der Waals surface area contributed by atoms with Crippen LogP contribution in [-0.2, 0) is 76.7 Å². The minimum Gasteiger partial charge on any atom is -0.377 e. The van der Waals surface area contributed by atoms with Gasteiger partial charge in [0.1, 0.15) is 5.60 Å². The first kappa shape index (κ1) is 54.9. The second kappa shape index (κ2) is 35.5. The number of hydrogen-bond acceptors (Lipinski definition) is 15. The van der Waals surface area contributed by atoms with Crippen LogP contribution in [0.25, 0.3) is 0 Å². The van der Waals surface area contributed by atoms with E-state index in [1.54, 1.807) is 12.1 Å². The molecule has 66 heavy (non-hydrogen) atoms. The SMILES string of the molecule is Cc1ccc(S(=O)(=O)OCCOCCOCCOCCOCCOCCOCCOCCOCCOCCOCCOCCOC(c2ccccc2)(c2ccccc2)c2ccccc2)cc1. The second-order valence-corrected chi connectivity index (χ2v) is 16.1. The van der Waals surface area contributed by atoms with E-state index < -0.39 is 15.7 Å². The van der Waals surface area contributed by atoms with Gasteiger partial charge in [-0.3, -0.25) is 4.18 Å². The fourth-order valence-corrected chi connectivity index (χ4v) is 7.19. The highest BCUT2D eigenvalue weighted by Gasteiger charge is 2.37. The second-order valence-electron chi connectivity index (χ2n) is 14.5. The molecule has 0 radical (unpaired) electrons. The van der Waals surface area contributed by atoms with Crippen LogP contribution in [0, 0.1) is 6.92 Å². The van der Waals surface area contributed by atoms with Crippen LogP contribution in [0.1, 0.15) is 22.3 Å². The van der Waals surface area contributed by atoms with Crippen LogP contribution >= 0.6 is 0 Å². The van der Waals surface area contributed by atoms with Gasteiger partial charge in [-0.15, -0.1) is 0 Å². The Kier molecular flexibility index (Phi) is 29.5. The van der Waals surface area contributed by atoms with Gasteiger partial charge in [0.15, 0.2) is 0 Å². The van der Waals surface area contributed by atoms with Crippen molar-refractivity contribution in [3.8, 4) is 0 Å². The molecule has 0 aromatic heterocycles. The smallest absolute Gasteiger partial charge is 0.297 e. The van der Waals surface area contributed by atoms with E-state index in [4.69, 9.17) is 61.0 Å². The molecule has 0 saturated heterocycles. The maximum absolute atomic E-state index is 12.1. The summed E-state index contributed by atoms with van der Waals surface area (Å²) >= 11 is 0. The average Bonchev–Trinajstić information content (AvgIpc) is 3.34. The van der Waals surface area contributed by atoms with E-state index in [1.807, 2.05) is 61.5 Å². The highest BCUT2D eigenvalue weighted by atomic mass is 32.2. The van der Waals surface area contributed by atoms with Gasteiger partial charge in [0.25, 0.3) is 10.1 Å². The minimum atomic E-state index is -3.78. The van der Waals surface area contributed by atoms with Crippen molar-refractivity contribution in [2.24, 2.45) is 0 Å². The third kappa shape index (κ3) is 22.9. The molecular weight excluding hydrogens is 873 g/mol. The summed E-state index contributed by atoms with van der Waals surface area (Å²) in [6.45, 7) is 11.9. The zero-order chi connectivity index (χ0) is 46.5. The predicted octanol–water partition coefficient (Wildman–Crippen LogP) is 5.89. The molecule has 4 aromatic carbocycles. The molecule has 366 valence electrons. The fourth-order valence-electron chi connectivity index (χ4n) is 6.30. The predicted molar refractivity (Wildman–Crippen MR) is 248 cm³/mol. The Morgan fingerprint density at radius 1 is 0.318 bits per heavy atom. The van der Waals surface area contributed by atoms with Crippen molar-refractivity contribution in [2.45, 2.75) is 17.4 Å². The number of hydrogen-bond donors (Lipinski definition) is 0. The van der Waals surface area contributed by atoms with Crippen LogP contribution in [0.2, 0.25) is 0 Å². The molecule has 0 heterocycles. The molecule has 4 rings (SSSR count). The summed E-state index contributed by atoms with van der Waals surface area (Å²) in [4.78, 5) is 0.125. The third-order valence-corrected chi connectivity index (χ3v) is 10.9. The van der Waals surface area contributed by atoms with Crippen LogP contribution in [0.3, 0.4) is 0 Å². The van der Waals surface area contributed by atoms with Gasteiger partial charge in [-0.1, -0.05) is 109 Å². The van der Waals surface area contributed by atoms with Crippen molar-refractivity contribution in [1.82, 2.24) is 0 Å². The van der Waals surface area contributed by atoms with E-state index in [9.17, 15) is 8.42 Å². The molecule has 15 nitrogen and oxygen atoms in total. The Hall–Kier alpha value is -3.69. The Morgan fingerprint density at radius 3 is 0.833 bits per heavy atom. The first-order valence-electron chi connectivity index (χ1n) is 22.6. The minimum absolute atomic E-state index is 0.0648. The molecule has 0 fully saturated rings. The fraction of sp³-hybridized carbons (Fsp3) is 0.520. The number of aryl methyl sites for hydroxylation is 1. The van der Waals surface area contributed by atoms with Crippen LogP contribution in [-0.4, -0.2) is 167 Å². The van der Waals surface area contributed by atoms with Gasteiger partial charge in [0.2, 0.25) is 0 Å². The monoisotopic (exact) mass is 942 g/mol. The van der Waals surface area contributed by atoms with Crippen LogP contribution in [0.4, 0.5) is 0 Å². The van der Waals surface area contributed by atoms with E-state index in [0.717, 1.165) is 22.3 Å². The maximum atomic E-state index is 12.1. The maximum Gasteiger partial charge on any atom is 0.297 e. The molecule has 0 saturated carbocycles. The Bertz CT molecular complexity index is 1740. The number of ether oxygens (including phenoxy) is 12. The lowest BCUT2D eigenvalue weighted by Gasteiger charge is -2.36. The van der Waals surface area contributed by atoms with Gasteiger partial charge in [-0.05, 0) is 35.7 Å². The molecule has 0 atom stereocenters. The van der Waals surface area contributed by atoms with Gasteiger partial charge in [0.05, 0.1) is 163 Å². The summed E-state index contributed by atoms with van der Waals surface area (Å²) < 4.78 is 97.0. The first-order chi connectivity index (χ1) is 32.5. The number of benzene rings is 4. The van der Waals surface area contributed by atoms with Crippen LogP contribution < -0.4 is 0 Å². The summed E-state index contributed by atoms with van der Waals surface area (Å²) in [5.41, 5.74) is 3.39. The summed E-state index contributed by atoms with van der Waals surface area (Å²) in [5.74, 6) is 0. The van der Waals surface area contributed by atoms with E-state index in [1.165, 1.54) is 12.1 Å². The molecule has 16 heteroatoms. The molecule has 0 N–H and O–H groups in total. The molecule has 4 aromatic rings. The Balaban J connectivity index is 0.822. The Morgan fingerprint density at radius 2 is 0.561 bits per heavy atom. The summed E-state index contributed by atoms with van der Waals surface area (Å²) in [5, 5.41) is 0. The molecule has 0 aliphatic heterocycles. The molecule has 0 aliphatic carbocycles. The van der Waals surface area contributed by atoms with Crippen molar-refractivity contribution >= 4 is 10.1 Å². The molecular formula is C50H70O15S. The highest BCUT2D eigenvalue weighted by Crippen LogP contribution is 2.40. The van der Waals surface area contributed by atoms with Crippen molar-refractivity contribution < 1.29 is 69.4 Å². The van der Waals surface area contributed by atoms with Gasteiger partial charge in [-0.25, -0.2) is 0 Å². The van der Waals surface area contributed by atoms with E-state index in [2.05, 4.69) is 36.4 Å². The lowest BCUT2D eigenvalue weighted by atomic mass is 9.80. The van der Waals surface area contributed by atoms with E-state index >= 15 is 0 Å². The standard InChI is InChI=1S/C50H70O15S/c1-45-17-19-49(20-18-45)66(51,52)65-44-42-63-40-38-61-36-34-59-32-30-57-28-26-55-24-22-53-21-23-54-25-27-56-29-31-58-33-35-60-37-39-62-41-43-64-50(46-11-5-2-6-12-46,47-13-7-3-8-14-47)48-15-9-4-10-16-48/h2-20H,21-44H2,1H3.